The quantitative estimate of drug-likeness (QED) is 0.267. The standard InChI is InChI=1S/C6H12N2S4.C4H6O2/c1-2-12-6(11)8-4-3-7-5(9)10;1-3(2)4(5)6/h2-4H2,1H3,(H,8,11)(H2,7,9,10);1H2,2H3,(H,5,6). The third-order valence-corrected chi connectivity index (χ3v) is 2.81. The van der Waals surface area contributed by atoms with Crippen LogP contribution in [0.3, 0.4) is 0 Å². The van der Waals surface area contributed by atoms with Gasteiger partial charge in [0, 0.05) is 18.7 Å². The highest BCUT2D eigenvalue weighted by molar-refractivity contribution is 8.22. The van der Waals surface area contributed by atoms with Gasteiger partial charge in [0.05, 0.1) is 0 Å². The maximum absolute atomic E-state index is 9.60. The monoisotopic (exact) mass is 326 g/mol. The molecule has 3 N–H and O–H groups in total. The summed E-state index contributed by atoms with van der Waals surface area (Å²) >= 11 is 15.3. The summed E-state index contributed by atoms with van der Waals surface area (Å²) < 4.78 is 1.36. The van der Waals surface area contributed by atoms with Gasteiger partial charge in [0.15, 0.2) is 0 Å². The SMILES string of the molecule is C=C(C)C(=O)O.CCSC(=S)NCCNC(=S)S. The van der Waals surface area contributed by atoms with Crippen LogP contribution in [0.15, 0.2) is 12.2 Å². The fourth-order valence-corrected chi connectivity index (χ4v) is 1.65. The van der Waals surface area contributed by atoms with E-state index in [1.165, 1.54) is 6.92 Å². The summed E-state index contributed by atoms with van der Waals surface area (Å²) in [5, 5.41) is 13.9. The summed E-state index contributed by atoms with van der Waals surface area (Å²) in [6.07, 6.45) is 0. The third kappa shape index (κ3) is 18.1. The van der Waals surface area contributed by atoms with Crippen molar-refractivity contribution in [1.82, 2.24) is 10.6 Å². The van der Waals surface area contributed by atoms with Crippen molar-refractivity contribution in [1.29, 1.82) is 0 Å². The zero-order chi connectivity index (χ0) is 14.6. The van der Waals surface area contributed by atoms with Crippen LogP contribution < -0.4 is 10.6 Å². The Bertz CT molecular complexity index is 296. The third-order valence-electron chi connectivity index (χ3n) is 1.31. The molecule has 0 aliphatic carbocycles. The van der Waals surface area contributed by atoms with E-state index in [9.17, 15) is 4.79 Å². The van der Waals surface area contributed by atoms with Gasteiger partial charge in [-0.15, -0.1) is 12.6 Å². The van der Waals surface area contributed by atoms with Gasteiger partial charge in [-0.2, -0.15) is 0 Å². The molecule has 0 aromatic rings. The molecular weight excluding hydrogens is 308 g/mol. The summed E-state index contributed by atoms with van der Waals surface area (Å²) in [6.45, 7) is 8.21. The van der Waals surface area contributed by atoms with Crippen LogP contribution in [0.5, 0.6) is 0 Å². The van der Waals surface area contributed by atoms with Crippen LogP contribution in [0.25, 0.3) is 0 Å². The minimum absolute atomic E-state index is 0.176. The number of carboxylic acid groups (broad SMARTS) is 1. The van der Waals surface area contributed by atoms with Gasteiger partial charge < -0.3 is 15.7 Å². The highest BCUT2D eigenvalue weighted by Crippen LogP contribution is 1.98. The lowest BCUT2D eigenvalue weighted by Gasteiger charge is -2.06. The van der Waals surface area contributed by atoms with E-state index in [1.54, 1.807) is 11.8 Å². The number of rotatable bonds is 5. The molecule has 0 aromatic carbocycles. The molecule has 4 nitrogen and oxygen atoms in total. The van der Waals surface area contributed by atoms with E-state index in [4.69, 9.17) is 29.5 Å². The highest BCUT2D eigenvalue weighted by Gasteiger charge is 1.93. The van der Waals surface area contributed by atoms with Crippen molar-refractivity contribution in [2.75, 3.05) is 18.8 Å². The summed E-state index contributed by atoms with van der Waals surface area (Å²) in [5.74, 6) is 0.0690. The van der Waals surface area contributed by atoms with E-state index >= 15 is 0 Å². The van der Waals surface area contributed by atoms with Crippen molar-refractivity contribution in [3.8, 4) is 0 Å². The van der Waals surface area contributed by atoms with Crippen molar-refractivity contribution in [3.05, 3.63) is 12.2 Å². The smallest absolute Gasteiger partial charge is 0.330 e. The lowest BCUT2D eigenvalue weighted by atomic mass is 10.4. The molecule has 0 unspecified atom stereocenters. The molecule has 0 radical (unpaired) electrons. The van der Waals surface area contributed by atoms with Crippen molar-refractivity contribution in [2.45, 2.75) is 13.8 Å². The van der Waals surface area contributed by atoms with Crippen molar-refractivity contribution >= 4 is 63.4 Å². The Morgan fingerprint density at radius 2 is 1.83 bits per heavy atom. The second-order valence-corrected chi connectivity index (χ2v) is 6.06. The molecule has 0 atom stereocenters. The Hall–Kier alpha value is -0.310. The first-order valence-electron chi connectivity index (χ1n) is 5.07. The number of nitrogens with one attached hydrogen (secondary N) is 2. The molecule has 8 heteroatoms. The van der Waals surface area contributed by atoms with Gasteiger partial charge in [0.25, 0.3) is 0 Å². The van der Waals surface area contributed by atoms with Crippen LogP contribution in [0.2, 0.25) is 0 Å². The number of thioether (sulfide) groups is 1. The maximum Gasteiger partial charge on any atom is 0.330 e. The fourth-order valence-electron chi connectivity index (χ4n) is 0.516. The van der Waals surface area contributed by atoms with Gasteiger partial charge in [0.2, 0.25) is 0 Å². The van der Waals surface area contributed by atoms with Gasteiger partial charge >= 0.3 is 5.97 Å². The molecule has 18 heavy (non-hydrogen) atoms. The molecule has 0 fully saturated rings. The fraction of sp³-hybridized carbons (Fsp3) is 0.500. The van der Waals surface area contributed by atoms with Crippen LogP contribution >= 0.6 is 48.8 Å². The molecule has 0 saturated carbocycles. The van der Waals surface area contributed by atoms with Crippen molar-refractivity contribution in [2.24, 2.45) is 0 Å². The van der Waals surface area contributed by atoms with E-state index in [1.807, 2.05) is 0 Å². The lowest BCUT2D eigenvalue weighted by molar-refractivity contribution is -0.132. The van der Waals surface area contributed by atoms with Crippen LogP contribution in [0.4, 0.5) is 0 Å². The first-order valence-corrected chi connectivity index (χ1v) is 7.32. The minimum atomic E-state index is -0.935. The predicted octanol–water partition coefficient (Wildman–Crippen LogP) is 2.07. The van der Waals surface area contributed by atoms with Crippen LogP contribution in [-0.2, 0) is 4.79 Å². The Morgan fingerprint density at radius 1 is 1.39 bits per heavy atom. The molecule has 104 valence electrons. The summed E-state index contributed by atoms with van der Waals surface area (Å²) in [6, 6.07) is 0. The van der Waals surface area contributed by atoms with E-state index in [2.05, 4.69) is 36.8 Å². The van der Waals surface area contributed by atoms with E-state index in [0.29, 0.717) is 4.32 Å². The molecule has 0 spiro atoms. The number of hydrogen-bond acceptors (Lipinski definition) is 4. The Labute approximate surface area is 128 Å². The van der Waals surface area contributed by atoms with Gasteiger partial charge in [0.1, 0.15) is 8.64 Å². The van der Waals surface area contributed by atoms with Gasteiger partial charge in [-0.25, -0.2) is 4.79 Å². The Balaban J connectivity index is 0. The van der Waals surface area contributed by atoms with E-state index < -0.39 is 5.97 Å². The normalized spacial score (nSPS) is 8.61. The Morgan fingerprint density at radius 3 is 2.17 bits per heavy atom. The maximum atomic E-state index is 9.60. The zero-order valence-corrected chi connectivity index (χ0v) is 13.7. The number of thiocarbonyl (C=S) groups is 2. The molecule has 0 amide bonds. The minimum Gasteiger partial charge on any atom is -0.478 e. The summed E-state index contributed by atoms with van der Waals surface area (Å²) in [7, 11) is 0. The number of hydrogen-bond donors (Lipinski definition) is 4. The average Bonchev–Trinajstić information content (AvgIpc) is 2.25. The van der Waals surface area contributed by atoms with Crippen LogP contribution in [0.1, 0.15) is 13.8 Å². The second-order valence-electron chi connectivity index (χ2n) is 2.96. The largest absolute Gasteiger partial charge is 0.478 e. The first kappa shape index (κ1) is 20.0. The molecule has 0 saturated heterocycles. The highest BCUT2D eigenvalue weighted by atomic mass is 32.2. The van der Waals surface area contributed by atoms with Gasteiger partial charge in [-0.1, -0.05) is 49.7 Å². The van der Waals surface area contributed by atoms with Gasteiger partial charge in [-0.05, 0) is 12.7 Å². The average molecular weight is 327 g/mol. The van der Waals surface area contributed by atoms with Crippen LogP contribution in [0, 0.1) is 0 Å². The van der Waals surface area contributed by atoms with Gasteiger partial charge in [-0.3, -0.25) is 0 Å². The molecule has 0 bridgehead atoms. The number of aliphatic carboxylic acids is 1. The molecule has 0 aromatic heterocycles. The van der Waals surface area contributed by atoms with Crippen molar-refractivity contribution in [3.63, 3.8) is 0 Å². The predicted molar refractivity (Wildman–Crippen MR) is 90.8 cm³/mol. The van der Waals surface area contributed by atoms with E-state index in [-0.39, 0.29) is 5.57 Å². The number of thiol groups is 1. The van der Waals surface area contributed by atoms with Crippen molar-refractivity contribution < 1.29 is 9.90 Å². The first-order chi connectivity index (χ1) is 8.31. The molecule has 0 heterocycles. The molecule has 0 rings (SSSR count). The topological polar surface area (TPSA) is 61.4 Å². The molecule has 0 aliphatic heterocycles. The lowest BCUT2D eigenvalue weighted by Crippen LogP contribution is -2.30. The number of carbonyl (C=O) groups is 1. The summed E-state index contributed by atoms with van der Waals surface area (Å²) in [4.78, 5) is 9.60. The number of carboxylic acids is 1. The Kier molecular flexibility index (Phi) is 14.6. The zero-order valence-electron chi connectivity index (χ0n) is 10.4. The summed E-state index contributed by atoms with van der Waals surface area (Å²) in [5.41, 5.74) is 0.176. The molecule has 0 aliphatic rings. The second kappa shape index (κ2) is 13.1. The molecular formula is C10H18N2O2S4. The van der Waals surface area contributed by atoms with Crippen LogP contribution in [-0.4, -0.2) is 38.6 Å². The van der Waals surface area contributed by atoms with E-state index in [0.717, 1.165) is 23.2 Å².